The highest BCUT2D eigenvalue weighted by molar-refractivity contribution is 8.26. The number of rotatable bonds is 5. The summed E-state index contributed by atoms with van der Waals surface area (Å²) in [5.41, 5.74) is 0.966. The Labute approximate surface area is 197 Å². The van der Waals surface area contributed by atoms with Crippen LogP contribution in [0.5, 0.6) is 0 Å². The van der Waals surface area contributed by atoms with Crippen LogP contribution in [0.4, 0.5) is 5.88 Å². The van der Waals surface area contributed by atoms with Gasteiger partial charge in [0.05, 0.1) is 9.80 Å². The predicted molar refractivity (Wildman–Crippen MR) is 129 cm³/mol. The lowest BCUT2D eigenvalue weighted by atomic mass is 9.99. The van der Waals surface area contributed by atoms with Gasteiger partial charge < -0.3 is 9.32 Å². The molecule has 2 fully saturated rings. The van der Waals surface area contributed by atoms with Crippen molar-refractivity contribution in [2.24, 2.45) is 5.92 Å². The van der Waals surface area contributed by atoms with Gasteiger partial charge in [0.15, 0.2) is 0 Å². The van der Waals surface area contributed by atoms with E-state index in [0.717, 1.165) is 30.2 Å². The highest BCUT2D eigenvalue weighted by Gasteiger charge is 2.34. The van der Waals surface area contributed by atoms with E-state index in [0.29, 0.717) is 34.8 Å². The number of oxazole rings is 1. The summed E-state index contributed by atoms with van der Waals surface area (Å²) in [6.07, 6.45) is 3.36. The van der Waals surface area contributed by atoms with Gasteiger partial charge in [0.1, 0.15) is 4.32 Å². The van der Waals surface area contributed by atoms with Gasteiger partial charge in [0.2, 0.25) is 26.6 Å². The van der Waals surface area contributed by atoms with Crippen molar-refractivity contribution in [3.63, 3.8) is 0 Å². The number of benzene rings is 1. The molecule has 1 aromatic carbocycles. The molecular weight excluding hydrogens is 466 g/mol. The van der Waals surface area contributed by atoms with Gasteiger partial charge in [-0.1, -0.05) is 48.6 Å². The smallest absolute Gasteiger partial charge is 0.266 e. The van der Waals surface area contributed by atoms with Crippen LogP contribution in [-0.2, 0) is 14.6 Å². The van der Waals surface area contributed by atoms with Crippen LogP contribution < -0.4 is 4.90 Å². The lowest BCUT2D eigenvalue weighted by Crippen LogP contribution is -2.33. The molecule has 170 valence electrons. The zero-order valence-corrected chi connectivity index (χ0v) is 20.6. The monoisotopic (exact) mass is 491 g/mol. The number of carbonyl (C=O) groups is 1. The van der Waals surface area contributed by atoms with Gasteiger partial charge in [0.25, 0.3) is 5.91 Å². The van der Waals surface area contributed by atoms with Crippen molar-refractivity contribution in [1.82, 2.24) is 9.88 Å². The maximum atomic E-state index is 13.5. The first-order valence-corrected chi connectivity index (χ1v) is 13.2. The number of likely N-dealkylation sites (N-methyl/N-ethyl adjacent to an activating group) is 1. The molecule has 0 aliphatic carbocycles. The molecule has 2 aliphatic heterocycles. The second-order valence-electron chi connectivity index (χ2n) is 8.07. The number of aryl methyl sites for hydroxylation is 1. The third-order valence-electron chi connectivity index (χ3n) is 5.70. The van der Waals surface area contributed by atoms with Crippen LogP contribution in [0.2, 0.25) is 0 Å². The lowest BCUT2D eigenvalue weighted by molar-refractivity contribution is -0.122. The number of carbonyl (C=O) groups excluding carboxylic acids is 1. The van der Waals surface area contributed by atoms with Crippen LogP contribution in [0.3, 0.4) is 0 Å². The topological polar surface area (TPSA) is 83.7 Å². The third-order valence-corrected chi connectivity index (χ3v) is 8.74. The van der Waals surface area contributed by atoms with E-state index in [4.69, 9.17) is 16.6 Å². The Hall–Kier alpha value is -2.17. The average Bonchev–Trinajstić information content (AvgIpc) is 3.30. The quantitative estimate of drug-likeness (QED) is 0.453. The van der Waals surface area contributed by atoms with E-state index in [-0.39, 0.29) is 27.6 Å². The number of sulfone groups is 1. The molecule has 0 bridgehead atoms. The molecular formula is C22H25N3O4S3. The second kappa shape index (κ2) is 8.99. The maximum Gasteiger partial charge on any atom is 0.266 e. The molecule has 0 radical (unpaired) electrons. The first-order valence-electron chi connectivity index (χ1n) is 10.5. The van der Waals surface area contributed by atoms with E-state index in [1.165, 1.54) is 11.0 Å². The average molecular weight is 492 g/mol. The number of piperidine rings is 1. The Bertz CT molecular complexity index is 1180. The number of nitrogens with zero attached hydrogens (tertiary/aromatic N) is 3. The SMILES string of the molecule is CCN1C(=O)C(=Cc2nc(S(=O)(=O)c3ccc(C)cc3)c(N3CCC(C)CC3)o2)SC1=S. The summed E-state index contributed by atoms with van der Waals surface area (Å²) < 4.78 is 33.4. The molecule has 4 rings (SSSR count). The highest BCUT2D eigenvalue weighted by Crippen LogP contribution is 2.36. The van der Waals surface area contributed by atoms with E-state index in [1.54, 1.807) is 24.3 Å². The Kier molecular flexibility index (Phi) is 6.46. The molecule has 0 atom stereocenters. The minimum atomic E-state index is -3.91. The van der Waals surface area contributed by atoms with Crippen molar-refractivity contribution >= 4 is 56.0 Å². The van der Waals surface area contributed by atoms with E-state index in [2.05, 4.69) is 11.9 Å². The summed E-state index contributed by atoms with van der Waals surface area (Å²) in [5.74, 6) is 0.661. The first kappa shape index (κ1) is 23.0. The molecule has 2 aliphatic rings. The summed E-state index contributed by atoms with van der Waals surface area (Å²) in [6.45, 7) is 7.77. The Morgan fingerprint density at radius 3 is 2.50 bits per heavy atom. The van der Waals surface area contributed by atoms with Crippen LogP contribution in [0, 0.1) is 12.8 Å². The molecule has 3 heterocycles. The molecule has 2 saturated heterocycles. The van der Waals surface area contributed by atoms with Crippen LogP contribution in [0.25, 0.3) is 6.08 Å². The van der Waals surface area contributed by atoms with Crippen molar-refractivity contribution in [3.8, 4) is 0 Å². The standard InChI is InChI=1S/C22H25N3O4S3/c1-4-25-20(26)17(31-22(25)30)13-18-23-19(21(29-18)24-11-9-15(3)10-12-24)32(27,28)16-7-5-14(2)6-8-16/h5-8,13,15H,4,9-12H2,1-3H3. The van der Waals surface area contributed by atoms with Gasteiger partial charge in [-0.2, -0.15) is 4.98 Å². The highest BCUT2D eigenvalue weighted by atomic mass is 32.2. The van der Waals surface area contributed by atoms with Crippen molar-refractivity contribution < 1.29 is 17.6 Å². The van der Waals surface area contributed by atoms with Gasteiger partial charge in [-0.15, -0.1) is 0 Å². The van der Waals surface area contributed by atoms with Crippen molar-refractivity contribution in [2.75, 3.05) is 24.5 Å². The molecule has 7 nitrogen and oxygen atoms in total. The van der Waals surface area contributed by atoms with Gasteiger partial charge in [-0.25, -0.2) is 8.42 Å². The molecule has 0 spiro atoms. The van der Waals surface area contributed by atoms with E-state index in [9.17, 15) is 13.2 Å². The minimum Gasteiger partial charge on any atom is -0.420 e. The van der Waals surface area contributed by atoms with E-state index >= 15 is 0 Å². The molecule has 1 amide bonds. The van der Waals surface area contributed by atoms with E-state index < -0.39 is 9.84 Å². The predicted octanol–water partition coefficient (Wildman–Crippen LogP) is 4.27. The summed E-state index contributed by atoms with van der Waals surface area (Å²) in [4.78, 5) is 20.9. The molecule has 0 saturated carbocycles. The first-order chi connectivity index (χ1) is 15.2. The molecule has 2 aromatic rings. The number of anilines is 1. The van der Waals surface area contributed by atoms with Gasteiger partial charge in [-0.3, -0.25) is 9.69 Å². The second-order valence-corrected chi connectivity index (χ2v) is 11.6. The normalized spacial score (nSPS) is 19.4. The molecule has 32 heavy (non-hydrogen) atoms. The fourth-order valence-corrected chi connectivity index (χ4v) is 6.35. The number of hydrogen-bond acceptors (Lipinski definition) is 8. The van der Waals surface area contributed by atoms with Crippen LogP contribution in [0.1, 0.15) is 38.1 Å². The molecule has 1 aromatic heterocycles. The van der Waals surface area contributed by atoms with Crippen molar-refractivity contribution in [3.05, 3.63) is 40.6 Å². The number of hydrogen-bond donors (Lipinski definition) is 0. The van der Waals surface area contributed by atoms with Gasteiger partial charge >= 0.3 is 0 Å². The fraction of sp³-hybridized carbons (Fsp3) is 0.409. The largest absolute Gasteiger partial charge is 0.420 e. The van der Waals surface area contributed by atoms with Crippen LogP contribution in [0.15, 0.2) is 43.5 Å². The Morgan fingerprint density at radius 1 is 1.25 bits per heavy atom. The van der Waals surface area contributed by atoms with Crippen LogP contribution >= 0.6 is 24.0 Å². The molecule has 0 unspecified atom stereocenters. The molecule has 10 heteroatoms. The molecule has 0 N–H and O–H groups in total. The van der Waals surface area contributed by atoms with E-state index in [1.807, 2.05) is 18.7 Å². The van der Waals surface area contributed by atoms with Crippen molar-refractivity contribution in [1.29, 1.82) is 0 Å². The van der Waals surface area contributed by atoms with Crippen molar-refractivity contribution in [2.45, 2.75) is 43.5 Å². The maximum absolute atomic E-state index is 13.5. The number of thioether (sulfide) groups is 1. The Morgan fingerprint density at radius 2 is 1.91 bits per heavy atom. The fourth-order valence-electron chi connectivity index (χ4n) is 3.68. The minimum absolute atomic E-state index is 0.0842. The summed E-state index contributed by atoms with van der Waals surface area (Å²) in [5, 5.41) is -0.117. The number of thiocarbonyl (C=S) groups is 1. The number of aromatic nitrogens is 1. The summed E-state index contributed by atoms with van der Waals surface area (Å²) >= 11 is 6.42. The zero-order valence-electron chi connectivity index (χ0n) is 18.2. The van der Waals surface area contributed by atoms with Gasteiger partial charge in [0, 0.05) is 25.7 Å². The number of amides is 1. The summed E-state index contributed by atoms with van der Waals surface area (Å²) in [6, 6.07) is 6.67. The third kappa shape index (κ3) is 4.35. The van der Waals surface area contributed by atoms with Gasteiger partial charge in [-0.05, 0) is 44.7 Å². The summed E-state index contributed by atoms with van der Waals surface area (Å²) in [7, 11) is -3.91. The zero-order chi connectivity index (χ0) is 23.0. The van der Waals surface area contributed by atoms with Crippen LogP contribution in [-0.4, -0.2) is 48.2 Å². The lowest BCUT2D eigenvalue weighted by Gasteiger charge is -2.30. The Balaban J connectivity index is 1.77.